The van der Waals surface area contributed by atoms with E-state index in [0.717, 1.165) is 16.8 Å². The van der Waals surface area contributed by atoms with Crippen molar-refractivity contribution >= 4 is 5.97 Å². The summed E-state index contributed by atoms with van der Waals surface area (Å²) in [5, 5.41) is 8.68. The van der Waals surface area contributed by atoms with Crippen LogP contribution in [0.4, 0.5) is 0 Å². The Morgan fingerprint density at radius 1 is 1.04 bits per heavy atom. The molecule has 1 N–H and O–H groups in total. The van der Waals surface area contributed by atoms with Gasteiger partial charge >= 0.3 is 35.5 Å². The molecule has 1 unspecified atom stereocenters. The number of carboxylic acids is 1. The molecule has 25 heavy (non-hydrogen) atoms. The van der Waals surface area contributed by atoms with Crippen LogP contribution < -0.4 is 34.3 Å². The molecule has 1 aromatic heterocycles. The number of pyridine rings is 1. The van der Waals surface area contributed by atoms with Crippen LogP contribution in [-0.2, 0) is 4.79 Å². The van der Waals surface area contributed by atoms with Crippen molar-refractivity contribution in [2.24, 2.45) is 0 Å². The van der Waals surface area contributed by atoms with E-state index in [1.807, 2.05) is 54.6 Å². The molecule has 0 spiro atoms. The molecule has 0 bridgehead atoms. The minimum Gasteiger partial charge on any atom is -0.482 e. The van der Waals surface area contributed by atoms with E-state index in [9.17, 15) is 4.79 Å². The molecule has 1 atom stereocenters. The summed E-state index contributed by atoms with van der Waals surface area (Å²) in [5.41, 5.74) is 3.12. The number of carboxylic acid groups (broad SMARTS) is 1. The molecule has 0 aliphatic heterocycles. The average Bonchev–Trinajstić information content (AvgIpc) is 2.63. The fourth-order valence-electron chi connectivity index (χ4n) is 2.57. The summed E-state index contributed by atoms with van der Waals surface area (Å²) >= 11 is 0. The smallest absolute Gasteiger partial charge is 0.482 e. The van der Waals surface area contributed by atoms with Crippen molar-refractivity contribution in [3.63, 3.8) is 0 Å². The van der Waals surface area contributed by atoms with Gasteiger partial charge in [0.05, 0.1) is 5.69 Å². The van der Waals surface area contributed by atoms with Crippen LogP contribution in [0.25, 0.3) is 0 Å². The average molecular weight is 341 g/mol. The third-order valence-corrected chi connectivity index (χ3v) is 3.64. The Hall–Kier alpha value is -2.14. The maximum Gasteiger partial charge on any atom is 1.00 e. The predicted molar refractivity (Wildman–Crippen MR) is 90.0 cm³/mol. The van der Waals surface area contributed by atoms with Gasteiger partial charge in [0.1, 0.15) is 5.75 Å². The van der Waals surface area contributed by atoms with E-state index >= 15 is 0 Å². The Morgan fingerprint density at radius 2 is 1.72 bits per heavy atom. The molecule has 0 saturated carbocycles. The van der Waals surface area contributed by atoms with Crippen LogP contribution in [0, 0.1) is 6.07 Å². The van der Waals surface area contributed by atoms with Crippen LogP contribution in [0.3, 0.4) is 0 Å². The standard InChI is InChI=1S/C20H16NO3.Na/c22-19(23)14-24-17-11-9-16(10-12-17)20(15-6-2-1-3-7-15)18-8-4-5-13-21-18;/h2-13,20H,14H2,(H,22,23);/q-1;+1. The van der Waals surface area contributed by atoms with Crippen LogP contribution in [0.15, 0.2) is 72.9 Å². The molecule has 0 fully saturated rings. The number of nitrogens with zero attached hydrogens (tertiary/aromatic N) is 1. The molecule has 0 radical (unpaired) electrons. The summed E-state index contributed by atoms with van der Waals surface area (Å²) in [6.45, 7) is -0.350. The third kappa shape index (κ3) is 5.16. The molecule has 0 aliphatic carbocycles. The second-order valence-corrected chi connectivity index (χ2v) is 5.27. The van der Waals surface area contributed by atoms with Crippen molar-refractivity contribution in [2.45, 2.75) is 5.92 Å². The van der Waals surface area contributed by atoms with Gasteiger partial charge in [0, 0.05) is 12.1 Å². The number of benzene rings is 2. The minimum absolute atomic E-state index is 0. The normalized spacial score (nSPS) is 11.2. The van der Waals surface area contributed by atoms with Crippen molar-refractivity contribution in [2.75, 3.05) is 6.61 Å². The monoisotopic (exact) mass is 341 g/mol. The van der Waals surface area contributed by atoms with Crippen LogP contribution in [0.2, 0.25) is 0 Å². The largest absolute Gasteiger partial charge is 1.00 e. The molecule has 120 valence electrons. The summed E-state index contributed by atoms with van der Waals surface area (Å²) < 4.78 is 5.19. The first-order valence-corrected chi connectivity index (χ1v) is 7.55. The second kappa shape index (κ2) is 9.37. The van der Waals surface area contributed by atoms with Gasteiger partial charge in [-0.15, -0.1) is 5.56 Å². The Morgan fingerprint density at radius 3 is 2.32 bits per heavy atom. The zero-order chi connectivity index (χ0) is 16.8. The fraction of sp³-hybridized carbons (Fsp3) is 0.100. The van der Waals surface area contributed by atoms with Gasteiger partial charge in [0.15, 0.2) is 6.61 Å². The first kappa shape index (κ1) is 19.2. The predicted octanol–water partition coefficient (Wildman–Crippen LogP) is 0.529. The second-order valence-electron chi connectivity index (χ2n) is 5.27. The van der Waals surface area contributed by atoms with E-state index in [-0.39, 0.29) is 42.1 Å². The van der Waals surface area contributed by atoms with E-state index in [2.05, 4.69) is 11.1 Å². The number of rotatable bonds is 6. The molecule has 5 heteroatoms. The maximum absolute atomic E-state index is 10.6. The van der Waals surface area contributed by atoms with Crippen molar-refractivity contribution < 1.29 is 44.2 Å². The summed E-state index contributed by atoms with van der Waals surface area (Å²) in [7, 11) is 0. The van der Waals surface area contributed by atoms with Gasteiger partial charge < -0.3 is 9.84 Å². The van der Waals surface area contributed by atoms with Gasteiger partial charge in [0.2, 0.25) is 0 Å². The van der Waals surface area contributed by atoms with Crippen LogP contribution in [0.1, 0.15) is 22.7 Å². The topological polar surface area (TPSA) is 59.4 Å². The van der Waals surface area contributed by atoms with Gasteiger partial charge in [-0.25, -0.2) is 4.79 Å². The Kier molecular flexibility index (Phi) is 7.19. The third-order valence-electron chi connectivity index (χ3n) is 3.64. The molecule has 0 saturated heterocycles. The minimum atomic E-state index is -0.994. The Bertz CT molecular complexity index is 753. The van der Waals surface area contributed by atoms with Crippen LogP contribution in [0.5, 0.6) is 5.75 Å². The molecule has 1 heterocycles. The zero-order valence-electron chi connectivity index (χ0n) is 13.9. The molecular weight excluding hydrogens is 325 g/mol. The number of ether oxygens (including phenoxy) is 1. The number of hydrogen-bond acceptors (Lipinski definition) is 3. The molecule has 0 amide bonds. The molecule has 2 aromatic carbocycles. The Labute approximate surface area is 168 Å². The van der Waals surface area contributed by atoms with Crippen molar-refractivity contribution in [1.29, 1.82) is 0 Å². The van der Waals surface area contributed by atoms with Crippen LogP contribution in [-0.4, -0.2) is 22.7 Å². The SMILES string of the molecule is O=C(O)COc1ccc(C(c2cc[c-]cc2)c2ccccn2)cc1.[Na+]. The number of aromatic nitrogens is 1. The quantitative estimate of drug-likeness (QED) is 0.525. The number of hydrogen-bond donors (Lipinski definition) is 1. The molecule has 0 aliphatic rings. The molecule has 3 aromatic rings. The zero-order valence-corrected chi connectivity index (χ0v) is 15.9. The first-order valence-electron chi connectivity index (χ1n) is 7.55. The van der Waals surface area contributed by atoms with E-state index in [1.54, 1.807) is 18.3 Å². The van der Waals surface area contributed by atoms with Gasteiger partial charge in [-0.3, -0.25) is 4.98 Å². The summed E-state index contributed by atoms with van der Waals surface area (Å²) in [6.07, 6.45) is 1.78. The van der Waals surface area contributed by atoms with E-state index < -0.39 is 5.97 Å². The van der Waals surface area contributed by atoms with E-state index in [0.29, 0.717) is 5.75 Å². The van der Waals surface area contributed by atoms with Gasteiger partial charge in [0.25, 0.3) is 0 Å². The fourth-order valence-corrected chi connectivity index (χ4v) is 2.57. The van der Waals surface area contributed by atoms with E-state index in [4.69, 9.17) is 9.84 Å². The van der Waals surface area contributed by atoms with Gasteiger partial charge in [-0.1, -0.05) is 18.2 Å². The molecular formula is C20H16NNaO3. The maximum atomic E-state index is 10.6. The Balaban J connectivity index is 0.00000225. The number of carbonyl (C=O) groups is 1. The van der Waals surface area contributed by atoms with Gasteiger partial charge in [-0.2, -0.15) is 30.3 Å². The van der Waals surface area contributed by atoms with Crippen molar-refractivity contribution in [1.82, 2.24) is 4.98 Å². The van der Waals surface area contributed by atoms with Crippen LogP contribution >= 0.6 is 0 Å². The van der Waals surface area contributed by atoms with E-state index in [1.165, 1.54) is 0 Å². The summed E-state index contributed by atoms with van der Waals surface area (Å²) in [4.78, 5) is 15.1. The summed E-state index contributed by atoms with van der Waals surface area (Å²) in [5.74, 6) is -0.470. The molecule has 4 nitrogen and oxygen atoms in total. The number of aliphatic carboxylic acids is 1. The van der Waals surface area contributed by atoms with Crippen molar-refractivity contribution in [3.05, 3.63) is 95.8 Å². The van der Waals surface area contributed by atoms with Crippen molar-refractivity contribution in [3.8, 4) is 5.75 Å². The summed E-state index contributed by atoms with van der Waals surface area (Å²) in [6, 6.07) is 24.1. The van der Waals surface area contributed by atoms with Gasteiger partial charge in [-0.05, 0) is 29.8 Å². The first-order chi connectivity index (χ1) is 11.7. The molecule has 3 rings (SSSR count).